The molecule has 0 N–H and O–H groups in total. The molecular formula is C20H18F2N6Se2. The second-order valence-electron chi connectivity index (χ2n) is 6.51. The van der Waals surface area contributed by atoms with E-state index in [4.69, 9.17) is 0 Å². The summed E-state index contributed by atoms with van der Waals surface area (Å²) in [6, 6.07) is 13.4. The van der Waals surface area contributed by atoms with Crippen LogP contribution in [0.3, 0.4) is 0 Å². The van der Waals surface area contributed by atoms with E-state index in [1.54, 1.807) is 12.7 Å². The second kappa shape index (κ2) is 10.1. The number of halogens is 2. The van der Waals surface area contributed by atoms with Crippen LogP contribution in [0.2, 0.25) is 0 Å². The summed E-state index contributed by atoms with van der Waals surface area (Å²) in [5.41, 5.74) is 2.18. The zero-order valence-electron chi connectivity index (χ0n) is 15.8. The van der Waals surface area contributed by atoms with Crippen LogP contribution < -0.4 is 0 Å². The van der Waals surface area contributed by atoms with Gasteiger partial charge < -0.3 is 0 Å². The monoisotopic (exact) mass is 540 g/mol. The van der Waals surface area contributed by atoms with Gasteiger partial charge in [0, 0.05) is 0 Å². The molecule has 0 bridgehead atoms. The maximum atomic E-state index is 13.4. The van der Waals surface area contributed by atoms with Gasteiger partial charge in [0.2, 0.25) is 0 Å². The van der Waals surface area contributed by atoms with Crippen molar-refractivity contribution in [2.24, 2.45) is 0 Å². The molecule has 0 aliphatic carbocycles. The number of rotatable bonds is 9. The molecule has 154 valence electrons. The zero-order chi connectivity index (χ0) is 20.8. The summed E-state index contributed by atoms with van der Waals surface area (Å²) in [5, 5.41) is 8.48. The van der Waals surface area contributed by atoms with Gasteiger partial charge in [-0.25, -0.2) is 0 Å². The van der Waals surface area contributed by atoms with Crippen molar-refractivity contribution in [3.63, 3.8) is 0 Å². The first-order chi connectivity index (χ1) is 14.7. The van der Waals surface area contributed by atoms with Crippen molar-refractivity contribution in [3.05, 3.63) is 96.6 Å². The van der Waals surface area contributed by atoms with Crippen molar-refractivity contribution in [1.29, 1.82) is 0 Å². The molecule has 0 saturated carbocycles. The van der Waals surface area contributed by atoms with Crippen LogP contribution >= 0.6 is 0 Å². The van der Waals surface area contributed by atoms with Gasteiger partial charge in [-0.3, -0.25) is 0 Å². The topological polar surface area (TPSA) is 61.4 Å². The summed E-state index contributed by atoms with van der Waals surface area (Å²) in [5.74, 6) is -0.488. The Labute approximate surface area is 183 Å². The summed E-state index contributed by atoms with van der Waals surface area (Å²) in [6.07, 6.45) is 6.44. The fourth-order valence-electron chi connectivity index (χ4n) is 2.87. The van der Waals surface area contributed by atoms with E-state index in [2.05, 4.69) is 20.2 Å². The molecule has 2 heterocycles. The van der Waals surface area contributed by atoms with Gasteiger partial charge in [-0.1, -0.05) is 0 Å². The summed E-state index contributed by atoms with van der Waals surface area (Å²) in [6.45, 7) is 1.37. The predicted octanol–water partition coefficient (Wildman–Crippen LogP) is 2.65. The third kappa shape index (κ3) is 5.61. The number of benzene rings is 2. The summed E-state index contributed by atoms with van der Waals surface area (Å²) in [7, 11) is 0. The molecule has 0 amide bonds. The quantitative estimate of drug-likeness (QED) is 0.308. The van der Waals surface area contributed by atoms with Crippen LogP contribution in [0.15, 0.2) is 73.8 Å². The van der Waals surface area contributed by atoms with E-state index < -0.39 is 0 Å². The van der Waals surface area contributed by atoms with E-state index in [-0.39, 0.29) is 47.5 Å². The van der Waals surface area contributed by atoms with Gasteiger partial charge in [-0.2, -0.15) is 0 Å². The molecule has 30 heavy (non-hydrogen) atoms. The van der Waals surface area contributed by atoms with E-state index >= 15 is 0 Å². The van der Waals surface area contributed by atoms with Crippen LogP contribution in [0.4, 0.5) is 8.78 Å². The van der Waals surface area contributed by atoms with Crippen LogP contribution in [0, 0.1) is 11.6 Å². The van der Waals surface area contributed by atoms with Crippen molar-refractivity contribution in [2.75, 3.05) is 0 Å². The first-order valence-electron chi connectivity index (χ1n) is 9.15. The number of aromatic nitrogens is 6. The SMILES string of the molecule is Fc1ccc(C(Cn2cncn2)[Se][Se]C(Cn2cncn2)c2ccc(F)cc2)cc1. The Morgan fingerprint density at radius 2 is 1.07 bits per heavy atom. The van der Waals surface area contributed by atoms with Crippen molar-refractivity contribution in [3.8, 4) is 0 Å². The van der Waals surface area contributed by atoms with Crippen molar-refractivity contribution in [2.45, 2.75) is 22.7 Å². The fourth-order valence-corrected chi connectivity index (χ4v) is 12.1. The minimum atomic E-state index is -0.244. The third-order valence-electron chi connectivity index (χ3n) is 4.41. The maximum absolute atomic E-state index is 13.4. The van der Waals surface area contributed by atoms with E-state index in [9.17, 15) is 8.78 Å². The first-order valence-corrected chi connectivity index (χ1v) is 15.5. The molecule has 0 radical (unpaired) electrons. The molecule has 0 aliphatic heterocycles. The Morgan fingerprint density at radius 3 is 1.40 bits per heavy atom. The average Bonchev–Trinajstić information content (AvgIpc) is 3.46. The van der Waals surface area contributed by atoms with E-state index in [0.717, 1.165) is 11.1 Å². The van der Waals surface area contributed by atoms with Crippen LogP contribution in [-0.2, 0) is 13.1 Å². The summed E-state index contributed by atoms with van der Waals surface area (Å²) >= 11 is 0.437. The molecule has 10 heteroatoms. The van der Waals surface area contributed by atoms with Crippen molar-refractivity contribution >= 4 is 26.3 Å². The molecule has 6 nitrogen and oxygen atoms in total. The Balaban J connectivity index is 1.54. The molecular weight excluding hydrogens is 520 g/mol. The van der Waals surface area contributed by atoms with Gasteiger partial charge in [-0.15, -0.1) is 0 Å². The molecule has 2 unspecified atom stereocenters. The zero-order valence-corrected chi connectivity index (χ0v) is 19.2. The Bertz CT molecular complexity index is 939. The molecule has 4 aromatic rings. The van der Waals surface area contributed by atoms with Gasteiger partial charge in [0.1, 0.15) is 0 Å². The van der Waals surface area contributed by atoms with Gasteiger partial charge >= 0.3 is 184 Å². The van der Waals surface area contributed by atoms with Gasteiger partial charge in [0.05, 0.1) is 0 Å². The third-order valence-corrected chi connectivity index (χ3v) is 13.7. The number of hydrogen-bond donors (Lipinski definition) is 0. The standard InChI is InChI=1S/C20H18F2N6Se2/c21-17-5-1-15(2-6-17)19(9-27-13-23-11-25-27)29-30-20(10-28-14-24-12-26-28)16-3-7-18(22)8-4-16/h1-8,11-14,19-20H,9-10H2. The molecule has 0 spiro atoms. The molecule has 2 aromatic heterocycles. The summed E-state index contributed by atoms with van der Waals surface area (Å²) < 4.78 is 30.5. The Hall–Kier alpha value is -2.38. The summed E-state index contributed by atoms with van der Waals surface area (Å²) in [4.78, 5) is 8.51. The van der Waals surface area contributed by atoms with Crippen LogP contribution in [0.5, 0.6) is 0 Å². The van der Waals surface area contributed by atoms with Crippen LogP contribution in [0.1, 0.15) is 20.8 Å². The molecule has 0 aliphatic rings. The van der Waals surface area contributed by atoms with Crippen LogP contribution in [0.25, 0.3) is 0 Å². The molecule has 2 atom stereocenters. The van der Waals surface area contributed by atoms with Gasteiger partial charge in [0.15, 0.2) is 0 Å². The van der Waals surface area contributed by atoms with Crippen molar-refractivity contribution in [1.82, 2.24) is 29.5 Å². The number of nitrogens with zero attached hydrogens (tertiary/aromatic N) is 6. The Kier molecular flexibility index (Phi) is 7.02. The van der Waals surface area contributed by atoms with Crippen molar-refractivity contribution < 1.29 is 8.78 Å². The predicted molar refractivity (Wildman–Crippen MR) is 110 cm³/mol. The van der Waals surface area contributed by atoms with Crippen LogP contribution in [-0.4, -0.2) is 55.8 Å². The molecule has 0 saturated heterocycles. The minimum absolute atomic E-state index is 0.219. The van der Waals surface area contributed by atoms with E-state index in [1.807, 2.05) is 33.6 Å². The second-order valence-corrected chi connectivity index (χ2v) is 13.9. The molecule has 4 rings (SSSR count). The van der Waals surface area contributed by atoms with E-state index in [1.165, 1.54) is 36.9 Å². The first kappa shape index (κ1) is 20.9. The van der Waals surface area contributed by atoms with E-state index in [0.29, 0.717) is 13.1 Å². The van der Waals surface area contributed by atoms with Gasteiger partial charge in [0.25, 0.3) is 0 Å². The molecule has 2 aromatic carbocycles. The normalized spacial score (nSPS) is 13.3. The van der Waals surface area contributed by atoms with Gasteiger partial charge in [-0.05, 0) is 0 Å². The average molecular weight is 538 g/mol. The number of hydrogen-bond acceptors (Lipinski definition) is 4. The molecule has 0 fully saturated rings. The Morgan fingerprint density at radius 1 is 0.667 bits per heavy atom. The fraction of sp³-hybridized carbons (Fsp3) is 0.200.